The first-order valence-corrected chi connectivity index (χ1v) is 6.38. The number of benzene rings is 1. The highest BCUT2D eigenvalue weighted by Crippen LogP contribution is 2.25. The molecule has 2 rings (SSSR count). The van der Waals surface area contributed by atoms with Crippen molar-refractivity contribution in [3.8, 4) is 5.75 Å². The van der Waals surface area contributed by atoms with Gasteiger partial charge in [-0.25, -0.2) is 0 Å². The maximum atomic E-state index is 9.17. The molecule has 0 saturated heterocycles. The van der Waals surface area contributed by atoms with Gasteiger partial charge in [0, 0.05) is 6.42 Å². The highest BCUT2D eigenvalue weighted by Gasteiger charge is 2.20. The van der Waals surface area contributed by atoms with Crippen LogP contribution in [0.4, 0.5) is 0 Å². The van der Waals surface area contributed by atoms with Gasteiger partial charge in [0.25, 0.3) is 0 Å². The Bertz CT molecular complexity index is 402. The van der Waals surface area contributed by atoms with Gasteiger partial charge in [-0.15, -0.1) is 0 Å². The van der Waals surface area contributed by atoms with E-state index in [1.165, 1.54) is 11.1 Å². The van der Waals surface area contributed by atoms with Gasteiger partial charge in [-0.2, -0.15) is 0 Å². The molecule has 0 unspecified atom stereocenters. The molecule has 0 aliphatic carbocycles. The molecular formula is C14H21NO3. The van der Waals surface area contributed by atoms with Gasteiger partial charge in [-0.1, -0.05) is 12.1 Å². The second kappa shape index (κ2) is 5.69. The second-order valence-corrected chi connectivity index (χ2v) is 5.09. The number of fused-ring (bicyclic) bond motifs is 1. The standard InChI is InChI=1S/C14H21NO3/c1-14(9-16,10-17)15-6-4-11-2-3-13-12(8-11)5-7-18-13/h2-3,8,15-17H,4-7,9-10H2,1H3. The van der Waals surface area contributed by atoms with Gasteiger partial charge in [0.1, 0.15) is 5.75 Å². The maximum Gasteiger partial charge on any atom is 0.122 e. The molecule has 18 heavy (non-hydrogen) atoms. The highest BCUT2D eigenvalue weighted by molar-refractivity contribution is 5.39. The quantitative estimate of drug-likeness (QED) is 0.689. The SMILES string of the molecule is CC(CO)(CO)NCCc1ccc2c(c1)CCO2. The van der Waals surface area contributed by atoms with Gasteiger partial charge in [-0.3, -0.25) is 0 Å². The average molecular weight is 251 g/mol. The summed E-state index contributed by atoms with van der Waals surface area (Å²) in [5.41, 5.74) is 1.93. The van der Waals surface area contributed by atoms with Crippen molar-refractivity contribution in [2.24, 2.45) is 0 Å². The van der Waals surface area contributed by atoms with E-state index in [1.807, 2.05) is 13.0 Å². The molecule has 4 nitrogen and oxygen atoms in total. The summed E-state index contributed by atoms with van der Waals surface area (Å²) in [7, 11) is 0. The van der Waals surface area contributed by atoms with E-state index < -0.39 is 5.54 Å². The third-order valence-electron chi connectivity index (χ3n) is 3.42. The minimum Gasteiger partial charge on any atom is -0.493 e. The van der Waals surface area contributed by atoms with Crippen molar-refractivity contribution >= 4 is 0 Å². The summed E-state index contributed by atoms with van der Waals surface area (Å²) in [6.07, 6.45) is 1.87. The average Bonchev–Trinajstić information content (AvgIpc) is 2.86. The molecule has 0 atom stereocenters. The Labute approximate surface area is 108 Å². The summed E-state index contributed by atoms with van der Waals surface area (Å²) in [6, 6.07) is 6.27. The van der Waals surface area contributed by atoms with E-state index in [-0.39, 0.29) is 13.2 Å². The number of aliphatic hydroxyl groups excluding tert-OH is 2. The fourth-order valence-electron chi connectivity index (χ4n) is 2.07. The first kappa shape index (κ1) is 13.3. The van der Waals surface area contributed by atoms with Crippen molar-refractivity contribution in [3.63, 3.8) is 0 Å². The van der Waals surface area contributed by atoms with Gasteiger partial charge in [0.2, 0.25) is 0 Å². The molecule has 1 heterocycles. The van der Waals surface area contributed by atoms with E-state index in [0.29, 0.717) is 0 Å². The molecule has 1 aliphatic heterocycles. The molecule has 1 aliphatic rings. The van der Waals surface area contributed by atoms with Crippen LogP contribution in [0.25, 0.3) is 0 Å². The summed E-state index contributed by atoms with van der Waals surface area (Å²) in [4.78, 5) is 0. The highest BCUT2D eigenvalue weighted by atomic mass is 16.5. The van der Waals surface area contributed by atoms with Gasteiger partial charge in [0.05, 0.1) is 25.4 Å². The van der Waals surface area contributed by atoms with Crippen molar-refractivity contribution in [1.82, 2.24) is 5.32 Å². The third kappa shape index (κ3) is 3.02. The van der Waals surface area contributed by atoms with Crippen LogP contribution in [0.15, 0.2) is 18.2 Å². The van der Waals surface area contributed by atoms with Crippen molar-refractivity contribution in [1.29, 1.82) is 0 Å². The number of ether oxygens (including phenoxy) is 1. The fourth-order valence-corrected chi connectivity index (χ4v) is 2.07. The van der Waals surface area contributed by atoms with Gasteiger partial charge < -0.3 is 20.3 Å². The van der Waals surface area contributed by atoms with Crippen molar-refractivity contribution < 1.29 is 14.9 Å². The Morgan fingerprint density at radius 2 is 2.11 bits per heavy atom. The number of rotatable bonds is 6. The Kier molecular flexibility index (Phi) is 4.22. The Balaban J connectivity index is 1.87. The molecule has 4 heteroatoms. The zero-order valence-corrected chi connectivity index (χ0v) is 10.8. The molecule has 1 aromatic carbocycles. The van der Waals surface area contributed by atoms with Crippen LogP contribution >= 0.6 is 0 Å². The second-order valence-electron chi connectivity index (χ2n) is 5.09. The number of hydrogen-bond donors (Lipinski definition) is 3. The van der Waals surface area contributed by atoms with Crippen molar-refractivity contribution in [3.05, 3.63) is 29.3 Å². The minimum absolute atomic E-state index is 0.0679. The molecule has 0 fully saturated rings. The van der Waals surface area contributed by atoms with E-state index in [2.05, 4.69) is 17.4 Å². The molecule has 0 radical (unpaired) electrons. The van der Waals surface area contributed by atoms with Gasteiger partial charge in [0.15, 0.2) is 0 Å². The summed E-state index contributed by atoms with van der Waals surface area (Å²) >= 11 is 0. The first-order chi connectivity index (χ1) is 8.67. The van der Waals surface area contributed by atoms with E-state index >= 15 is 0 Å². The van der Waals surface area contributed by atoms with Crippen LogP contribution in [0.3, 0.4) is 0 Å². The zero-order chi connectivity index (χ0) is 13.0. The van der Waals surface area contributed by atoms with Crippen LogP contribution in [0, 0.1) is 0 Å². The third-order valence-corrected chi connectivity index (χ3v) is 3.42. The molecule has 100 valence electrons. The summed E-state index contributed by atoms with van der Waals surface area (Å²) in [6.45, 7) is 3.19. The smallest absolute Gasteiger partial charge is 0.122 e. The number of hydrogen-bond acceptors (Lipinski definition) is 4. The number of aliphatic hydroxyl groups is 2. The van der Waals surface area contributed by atoms with E-state index in [9.17, 15) is 10.2 Å². The fraction of sp³-hybridized carbons (Fsp3) is 0.571. The van der Waals surface area contributed by atoms with Crippen molar-refractivity contribution in [2.75, 3.05) is 26.4 Å². The number of nitrogens with one attached hydrogen (secondary N) is 1. The summed E-state index contributed by atoms with van der Waals surface area (Å²) in [5.74, 6) is 1.00. The Morgan fingerprint density at radius 3 is 2.83 bits per heavy atom. The Hall–Kier alpha value is -1.10. The lowest BCUT2D eigenvalue weighted by Gasteiger charge is -2.26. The molecule has 0 saturated carbocycles. The van der Waals surface area contributed by atoms with Crippen LogP contribution in [0.1, 0.15) is 18.1 Å². The molecule has 0 aromatic heterocycles. The Morgan fingerprint density at radius 1 is 1.33 bits per heavy atom. The summed E-state index contributed by atoms with van der Waals surface area (Å²) < 4.78 is 5.47. The van der Waals surface area contributed by atoms with E-state index in [4.69, 9.17) is 4.74 Å². The lowest BCUT2D eigenvalue weighted by Crippen LogP contribution is -2.49. The zero-order valence-electron chi connectivity index (χ0n) is 10.8. The maximum absolute atomic E-state index is 9.17. The monoisotopic (exact) mass is 251 g/mol. The molecule has 0 amide bonds. The molecule has 0 bridgehead atoms. The predicted molar refractivity (Wildman–Crippen MR) is 69.9 cm³/mol. The van der Waals surface area contributed by atoms with Gasteiger partial charge >= 0.3 is 0 Å². The van der Waals surface area contributed by atoms with Crippen molar-refractivity contribution in [2.45, 2.75) is 25.3 Å². The van der Waals surface area contributed by atoms with Crippen LogP contribution in [0.2, 0.25) is 0 Å². The van der Waals surface area contributed by atoms with Crippen LogP contribution in [-0.2, 0) is 12.8 Å². The van der Waals surface area contributed by atoms with Crippen LogP contribution in [0.5, 0.6) is 5.75 Å². The molecular weight excluding hydrogens is 230 g/mol. The van der Waals surface area contributed by atoms with Crippen LogP contribution < -0.4 is 10.1 Å². The topological polar surface area (TPSA) is 61.7 Å². The first-order valence-electron chi connectivity index (χ1n) is 6.38. The normalized spacial score (nSPS) is 14.4. The van der Waals surface area contributed by atoms with E-state index in [0.717, 1.165) is 31.7 Å². The molecule has 0 spiro atoms. The lowest BCUT2D eigenvalue weighted by atomic mass is 10.0. The lowest BCUT2D eigenvalue weighted by molar-refractivity contribution is 0.105. The summed E-state index contributed by atoms with van der Waals surface area (Å²) in [5, 5.41) is 21.5. The van der Waals surface area contributed by atoms with Crippen LogP contribution in [-0.4, -0.2) is 42.1 Å². The van der Waals surface area contributed by atoms with E-state index in [1.54, 1.807) is 0 Å². The largest absolute Gasteiger partial charge is 0.493 e. The minimum atomic E-state index is -0.597. The molecule has 1 aromatic rings. The molecule has 3 N–H and O–H groups in total. The predicted octanol–water partition coefficient (Wildman–Crippen LogP) is 0.497. The van der Waals surface area contributed by atoms with Gasteiger partial charge in [-0.05, 0) is 37.1 Å².